The van der Waals surface area contributed by atoms with E-state index in [9.17, 15) is 9.90 Å². The minimum Gasteiger partial charge on any atom is -0.480 e. The molecule has 1 aromatic carbocycles. The van der Waals surface area contributed by atoms with E-state index in [2.05, 4.69) is 27.7 Å². The number of nitrogens with zero attached hydrogens (tertiary/aromatic N) is 2. The van der Waals surface area contributed by atoms with Gasteiger partial charge in [0.15, 0.2) is 0 Å². The maximum absolute atomic E-state index is 11.9. The molecule has 1 aromatic heterocycles. The van der Waals surface area contributed by atoms with Crippen LogP contribution in [-0.4, -0.2) is 53.2 Å². The second-order valence-corrected chi connectivity index (χ2v) is 8.71. The van der Waals surface area contributed by atoms with Crippen molar-refractivity contribution in [2.75, 3.05) is 31.5 Å². The van der Waals surface area contributed by atoms with E-state index >= 15 is 0 Å². The molecule has 31 heavy (non-hydrogen) atoms. The summed E-state index contributed by atoms with van der Waals surface area (Å²) in [6, 6.07) is 13.9. The van der Waals surface area contributed by atoms with Crippen molar-refractivity contribution < 1.29 is 9.90 Å². The fourth-order valence-corrected chi connectivity index (χ4v) is 4.75. The van der Waals surface area contributed by atoms with Crippen molar-refractivity contribution in [2.24, 2.45) is 0 Å². The van der Waals surface area contributed by atoms with Gasteiger partial charge in [-0.2, -0.15) is 0 Å². The Bertz CT molecular complexity index is 850. The first kappa shape index (κ1) is 21.8. The molecule has 0 amide bonds. The summed E-state index contributed by atoms with van der Waals surface area (Å²) in [4.78, 5) is 18.7. The first-order valence-corrected chi connectivity index (χ1v) is 11.7. The Labute approximate surface area is 185 Å². The van der Waals surface area contributed by atoms with Crippen molar-refractivity contribution in [3.63, 3.8) is 0 Å². The number of carboxylic acid groups (broad SMARTS) is 1. The number of aromatic nitrogens is 1. The molecule has 0 bridgehead atoms. The average Bonchev–Trinajstić information content (AvgIpc) is 2.80. The van der Waals surface area contributed by atoms with Gasteiger partial charge in [-0.15, -0.1) is 0 Å². The van der Waals surface area contributed by atoms with Crippen LogP contribution < -0.4 is 10.6 Å². The number of hydrogen-bond acceptors (Lipinski definition) is 5. The predicted octanol–water partition coefficient (Wildman–Crippen LogP) is 3.64. The van der Waals surface area contributed by atoms with E-state index in [4.69, 9.17) is 4.98 Å². The third-order valence-electron chi connectivity index (χ3n) is 6.49. The minimum atomic E-state index is -0.761. The average molecular weight is 423 g/mol. The molecular formula is C25H34N4O2. The maximum atomic E-state index is 11.9. The Kier molecular flexibility index (Phi) is 7.54. The molecule has 1 fully saturated rings. The Morgan fingerprint density at radius 1 is 1.16 bits per heavy atom. The number of carboxylic acids is 1. The lowest BCUT2D eigenvalue weighted by Crippen LogP contribution is -2.45. The molecule has 1 saturated heterocycles. The van der Waals surface area contributed by atoms with Crippen LogP contribution in [0, 0.1) is 0 Å². The molecule has 2 aliphatic rings. The molecule has 0 saturated carbocycles. The van der Waals surface area contributed by atoms with Crippen LogP contribution in [0.1, 0.15) is 55.0 Å². The fourth-order valence-electron chi connectivity index (χ4n) is 4.75. The highest BCUT2D eigenvalue weighted by Crippen LogP contribution is 2.25. The molecule has 0 spiro atoms. The van der Waals surface area contributed by atoms with E-state index in [1.807, 2.05) is 30.3 Å². The molecule has 2 aliphatic heterocycles. The molecule has 3 N–H and O–H groups in total. The Balaban J connectivity index is 1.16. The van der Waals surface area contributed by atoms with Gasteiger partial charge < -0.3 is 15.7 Å². The van der Waals surface area contributed by atoms with Gasteiger partial charge in [-0.3, -0.25) is 9.69 Å². The van der Waals surface area contributed by atoms with Crippen LogP contribution in [0.5, 0.6) is 0 Å². The first-order valence-electron chi connectivity index (χ1n) is 11.7. The highest BCUT2D eigenvalue weighted by molar-refractivity contribution is 5.75. The summed E-state index contributed by atoms with van der Waals surface area (Å²) in [5, 5.41) is 16.8. The van der Waals surface area contributed by atoms with Gasteiger partial charge >= 0.3 is 5.97 Å². The van der Waals surface area contributed by atoms with Crippen LogP contribution in [0.15, 0.2) is 42.5 Å². The second-order valence-electron chi connectivity index (χ2n) is 8.71. The number of nitrogens with one attached hydrogen (secondary N) is 2. The topological polar surface area (TPSA) is 77.5 Å². The summed E-state index contributed by atoms with van der Waals surface area (Å²) in [7, 11) is 0. The Morgan fingerprint density at radius 3 is 2.74 bits per heavy atom. The summed E-state index contributed by atoms with van der Waals surface area (Å²) in [6.45, 7) is 3.67. The van der Waals surface area contributed by atoms with Gasteiger partial charge in [-0.25, -0.2) is 4.98 Å². The van der Waals surface area contributed by atoms with Crippen molar-refractivity contribution >= 4 is 11.8 Å². The fraction of sp³-hybridized carbons (Fsp3) is 0.520. The number of anilines is 1. The summed E-state index contributed by atoms with van der Waals surface area (Å²) < 4.78 is 0. The van der Waals surface area contributed by atoms with E-state index in [1.54, 1.807) is 0 Å². The monoisotopic (exact) mass is 422 g/mol. The number of likely N-dealkylation sites (tertiary alicyclic amines) is 1. The Hall–Kier alpha value is -2.44. The summed E-state index contributed by atoms with van der Waals surface area (Å²) in [6.07, 6.45) is 7.61. The lowest BCUT2D eigenvalue weighted by atomic mass is 9.99. The van der Waals surface area contributed by atoms with Crippen LogP contribution >= 0.6 is 0 Å². The zero-order valence-electron chi connectivity index (χ0n) is 18.2. The molecule has 4 rings (SSSR count). The zero-order valence-corrected chi connectivity index (χ0v) is 18.2. The zero-order chi connectivity index (χ0) is 21.5. The highest BCUT2D eigenvalue weighted by atomic mass is 16.4. The van der Waals surface area contributed by atoms with E-state index in [-0.39, 0.29) is 0 Å². The molecule has 6 heteroatoms. The smallest absolute Gasteiger partial charge is 0.325 e. The van der Waals surface area contributed by atoms with Crippen LogP contribution in [0.25, 0.3) is 0 Å². The van der Waals surface area contributed by atoms with Gasteiger partial charge in [0.25, 0.3) is 0 Å². The molecule has 0 aliphatic carbocycles. The number of benzene rings is 1. The number of piperidine rings is 1. The number of aliphatic carboxylic acids is 1. The number of fused-ring (bicyclic) bond motifs is 1. The molecule has 0 radical (unpaired) electrons. The molecular weight excluding hydrogens is 388 g/mol. The number of hydrogen-bond donors (Lipinski definition) is 3. The third kappa shape index (κ3) is 5.83. The second kappa shape index (κ2) is 10.7. The molecule has 2 aromatic rings. The number of aryl methyl sites for hydroxylation is 2. The lowest BCUT2D eigenvalue weighted by molar-refractivity contribution is -0.144. The highest BCUT2D eigenvalue weighted by Gasteiger charge is 2.30. The van der Waals surface area contributed by atoms with Crippen LogP contribution in [0.4, 0.5) is 5.82 Å². The van der Waals surface area contributed by atoms with Crippen molar-refractivity contribution in [2.45, 2.75) is 57.0 Å². The van der Waals surface area contributed by atoms with Crippen molar-refractivity contribution in [3.05, 3.63) is 59.3 Å². The first-order chi connectivity index (χ1) is 15.2. The van der Waals surface area contributed by atoms with E-state index in [0.717, 1.165) is 76.1 Å². The van der Waals surface area contributed by atoms with Crippen molar-refractivity contribution in [1.82, 2.24) is 15.2 Å². The number of pyridine rings is 1. The quantitative estimate of drug-likeness (QED) is 0.536. The minimum absolute atomic E-state index is 0.479. The predicted molar refractivity (Wildman–Crippen MR) is 123 cm³/mol. The van der Waals surface area contributed by atoms with Crippen molar-refractivity contribution in [1.29, 1.82) is 0 Å². The molecule has 166 valence electrons. The van der Waals surface area contributed by atoms with Gasteiger partial charge in [-0.1, -0.05) is 36.4 Å². The SMILES string of the molecule is O=C(O)[C@@H](c1ccccc1)N1CCC(NCCCCc2ccc3c(n2)NCCC3)CC1. The van der Waals surface area contributed by atoms with Gasteiger partial charge in [0, 0.05) is 31.4 Å². The summed E-state index contributed by atoms with van der Waals surface area (Å²) >= 11 is 0. The van der Waals surface area contributed by atoms with Gasteiger partial charge in [-0.05, 0) is 68.7 Å². The van der Waals surface area contributed by atoms with Crippen LogP contribution in [-0.2, 0) is 17.6 Å². The number of rotatable bonds is 9. The summed E-state index contributed by atoms with van der Waals surface area (Å²) in [5.41, 5.74) is 3.40. The van der Waals surface area contributed by atoms with Crippen molar-refractivity contribution in [3.8, 4) is 0 Å². The standard InChI is InChI=1S/C25H34N4O2/c30-25(31)23(19-7-2-1-3-8-19)29-17-13-21(14-18-29)26-15-5-4-10-22-12-11-20-9-6-16-27-24(20)28-22/h1-3,7-8,11-12,21,23,26H,4-6,9-10,13-18H2,(H,27,28)(H,30,31)/t23-/m1/s1. The van der Waals surface area contributed by atoms with Gasteiger partial charge in [0.2, 0.25) is 0 Å². The maximum Gasteiger partial charge on any atom is 0.325 e. The number of unbranched alkanes of at least 4 members (excludes halogenated alkanes) is 1. The summed E-state index contributed by atoms with van der Waals surface area (Å²) in [5.74, 6) is 0.326. The van der Waals surface area contributed by atoms with Gasteiger partial charge in [0.05, 0.1) is 0 Å². The lowest BCUT2D eigenvalue weighted by Gasteiger charge is -2.36. The normalized spacial score (nSPS) is 18.2. The molecule has 0 unspecified atom stereocenters. The van der Waals surface area contributed by atoms with E-state index in [1.165, 1.54) is 17.7 Å². The van der Waals surface area contributed by atoms with E-state index < -0.39 is 12.0 Å². The van der Waals surface area contributed by atoms with E-state index in [0.29, 0.717) is 6.04 Å². The molecule has 3 heterocycles. The molecule has 1 atom stereocenters. The Morgan fingerprint density at radius 2 is 1.97 bits per heavy atom. The molecule has 6 nitrogen and oxygen atoms in total. The third-order valence-corrected chi connectivity index (χ3v) is 6.49. The largest absolute Gasteiger partial charge is 0.480 e. The van der Waals surface area contributed by atoms with Gasteiger partial charge in [0.1, 0.15) is 11.9 Å². The van der Waals surface area contributed by atoms with Crippen LogP contribution in [0.2, 0.25) is 0 Å². The van der Waals surface area contributed by atoms with Crippen LogP contribution in [0.3, 0.4) is 0 Å². The number of carbonyl (C=O) groups is 1.